The quantitative estimate of drug-likeness (QED) is 0.663. The van der Waals surface area contributed by atoms with E-state index in [2.05, 4.69) is 15.3 Å². The lowest BCUT2D eigenvalue weighted by molar-refractivity contribution is 0.408. The minimum absolute atomic E-state index is 0.0568. The number of methoxy groups -OCH3 is 1. The van der Waals surface area contributed by atoms with Crippen LogP contribution in [0.25, 0.3) is 0 Å². The van der Waals surface area contributed by atoms with E-state index in [1.54, 1.807) is 40.1 Å². The van der Waals surface area contributed by atoms with Crippen molar-refractivity contribution in [3.8, 4) is 5.75 Å². The second kappa shape index (κ2) is 7.87. The van der Waals surface area contributed by atoms with E-state index in [0.29, 0.717) is 5.69 Å². The Labute approximate surface area is 171 Å². The van der Waals surface area contributed by atoms with Crippen molar-refractivity contribution in [2.75, 3.05) is 12.4 Å². The molecule has 1 unspecified atom stereocenters. The van der Waals surface area contributed by atoms with Gasteiger partial charge in [-0.1, -0.05) is 18.2 Å². The number of sulfone groups is 1. The highest BCUT2D eigenvalue weighted by molar-refractivity contribution is 7.92. The van der Waals surface area contributed by atoms with Crippen LogP contribution in [0, 0.1) is 0 Å². The van der Waals surface area contributed by atoms with Crippen molar-refractivity contribution < 1.29 is 13.2 Å². The Morgan fingerprint density at radius 3 is 2.38 bits per heavy atom. The van der Waals surface area contributed by atoms with E-state index >= 15 is 0 Å². The van der Waals surface area contributed by atoms with E-state index in [0.717, 1.165) is 17.1 Å². The molecular formula is C21H26N4O3S. The molecular weight excluding hydrogens is 388 g/mol. The van der Waals surface area contributed by atoms with E-state index in [1.807, 2.05) is 42.1 Å². The molecule has 0 saturated heterocycles. The summed E-state index contributed by atoms with van der Waals surface area (Å²) in [6.07, 6.45) is 5.14. The molecule has 1 aromatic carbocycles. The fraction of sp³-hybridized carbons (Fsp3) is 0.333. The number of para-hydroxylation sites is 1. The standard InChI is InChI=1S/C21H26N4O3S/c1-21(2,3)29(26,27)18-11-10-15(14-23-18)24-19(20-22-12-13-25(20)4)16-8-6-7-9-17(16)28-5/h6-14,19,24H,1-5H3. The van der Waals surface area contributed by atoms with E-state index in [-0.39, 0.29) is 11.1 Å². The molecule has 8 heteroatoms. The third kappa shape index (κ3) is 4.12. The summed E-state index contributed by atoms with van der Waals surface area (Å²) < 4.78 is 31.8. The van der Waals surface area contributed by atoms with Gasteiger partial charge in [-0.2, -0.15) is 0 Å². The fourth-order valence-electron chi connectivity index (χ4n) is 2.95. The van der Waals surface area contributed by atoms with Crippen LogP contribution < -0.4 is 10.1 Å². The van der Waals surface area contributed by atoms with Crippen LogP contribution in [0.1, 0.15) is 38.2 Å². The molecule has 0 fully saturated rings. The lowest BCUT2D eigenvalue weighted by atomic mass is 10.0. The van der Waals surface area contributed by atoms with Crippen LogP contribution in [0.2, 0.25) is 0 Å². The monoisotopic (exact) mass is 414 g/mol. The van der Waals surface area contributed by atoms with E-state index in [4.69, 9.17) is 4.74 Å². The van der Waals surface area contributed by atoms with Crippen LogP contribution in [-0.4, -0.2) is 34.8 Å². The Balaban J connectivity index is 1.99. The summed E-state index contributed by atoms with van der Waals surface area (Å²) in [5.74, 6) is 1.52. The van der Waals surface area contributed by atoms with Gasteiger partial charge in [0.1, 0.15) is 17.6 Å². The number of nitrogens with zero attached hydrogens (tertiary/aromatic N) is 3. The van der Waals surface area contributed by atoms with Crippen LogP contribution >= 0.6 is 0 Å². The number of hydrogen-bond acceptors (Lipinski definition) is 6. The highest BCUT2D eigenvalue weighted by Crippen LogP contribution is 2.32. The first kappa shape index (κ1) is 20.9. The second-order valence-corrected chi connectivity index (χ2v) is 10.4. The minimum atomic E-state index is -3.51. The van der Waals surface area contributed by atoms with Gasteiger partial charge in [0.2, 0.25) is 0 Å². The summed E-state index contributed by atoms with van der Waals surface area (Å²) in [5.41, 5.74) is 1.59. The van der Waals surface area contributed by atoms with Crippen molar-refractivity contribution in [3.63, 3.8) is 0 Å². The van der Waals surface area contributed by atoms with Crippen molar-refractivity contribution in [2.45, 2.75) is 36.6 Å². The first-order valence-corrected chi connectivity index (χ1v) is 10.7. The lowest BCUT2D eigenvalue weighted by Crippen LogP contribution is -2.28. The number of aromatic nitrogens is 3. The predicted molar refractivity (Wildman–Crippen MR) is 113 cm³/mol. The number of rotatable bonds is 6. The zero-order valence-corrected chi connectivity index (χ0v) is 18.1. The van der Waals surface area contributed by atoms with Crippen molar-refractivity contribution in [3.05, 3.63) is 66.4 Å². The van der Waals surface area contributed by atoms with Gasteiger partial charge < -0.3 is 14.6 Å². The number of imidazole rings is 1. The van der Waals surface area contributed by atoms with Gasteiger partial charge >= 0.3 is 0 Å². The molecule has 7 nitrogen and oxygen atoms in total. The number of anilines is 1. The van der Waals surface area contributed by atoms with E-state index < -0.39 is 14.6 Å². The molecule has 3 aromatic rings. The molecule has 1 atom stereocenters. The highest BCUT2D eigenvalue weighted by atomic mass is 32.2. The van der Waals surface area contributed by atoms with Gasteiger partial charge in [-0.05, 0) is 39.0 Å². The number of ether oxygens (including phenoxy) is 1. The fourth-order valence-corrected chi connectivity index (χ4v) is 4.01. The van der Waals surface area contributed by atoms with E-state index in [1.165, 1.54) is 12.3 Å². The second-order valence-electron chi connectivity index (χ2n) is 7.72. The molecule has 2 aromatic heterocycles. The summed E-state index contributed by atoms with van der Waals surface area (Å²) in [6, 6.07) is 10.6. The SMILES string of the molecule is COc1ccccc1C(Nc1ccc(S(=O)(=O)C(C)(C)C)nc1)c1nccn1C. The van der Waals surface area contributed by atoms with Crippen molar-refractivity contribution >= 4 is 15.5 Å². The molecule has 0 aliphatic carbocycles. The van der Waals surface area contributed by atoms with E-state index in [9.17, 15) is 8.42 Å². The van der Waals surface area contributed by atoms with Gasteiger partial charge in [0, 0.05) is 25.0 Å². The van der Waals surface area contributed by atoms with Crippen LogP contribution in [0.3, 0.4) is 0 Å². The molecule has 0 spiro atoms. The number of pyridine rings is 1. The molecule has 0 radical (unpaired) electrons. The molecule has 0 bridgehead atoms. The maximum absolute atomic E-state index is 12.6. The summed E-state index contributed by atoms with van der Waals surface area (Å²) in [6.45, 7) is 4.98. The summed E-state index contributed by atoms with van der Waals surface area (Å²) in [4.78, 5) is 8.68. The molecule has 0 aliphatic rings. The maximum Gasteiger partial charge on any atom is 0.200 e. The van der Waals surface area contributed by atoms with Crippen molar-refractivity contribution in [1.82, 2.24) is 14.5 Å². The summed E-state index contributed by atoms with van der Waals surface area (Å²) in [5, 5.41) is 3.47. The third-order valence-corrected chi connectivity index (χ3v) is 7.10. The van der Waals surface area contributed by atoms with Crippen LogP contribution in [0.4, 0.5) is 5.69 Å². The predicted octanol–water partition coefficient (Wildman–Crippen LogP) is 3.60. The normalized spacial score (nSPS) is 13.1. The highest BCUT2D eigenvalue weighted by Gasteiger charge is 2.32. The van der Waals surface area contributed by atoms with Crippen LogP contribution in [0.5, 0.6) is 5.75 Å². The van der Waals surface area contributed by atoms with Gasteiger partial charge in [-0.25, -0.2) is 18.4 Å². The van der Waals surface area contributed by atoms with Gasteiger partial charge in [-0.3, -0.25) is 0 Å². The Morgan fingerprint density at radius 1 is 1.10 bits per heavy atom. The molecule has 0 aliphatic heterocycles. The molecule has 0 amide bonds. The van der Waals surface area contributed by atoms with Crippen molar-refractivity contribution in [1.29, 1.82) is 0 Å². The zero-order chi connectivity index (χ0) is 21.2. The first-order valence-electron chi connectivity index (χ1n) is 9.22. The summed E-state index contributed by atoms with van der Waals surface area (Å²) in [7, 11) is 0.0376. The summed E-state index contributed by atoms with van der Waals surface area (Å²) >= 11 is 0. The smallest absolute Gasteiger partial charge is 0.200 e. The minimum Gasteiger partial charge on any atom is -0.496 e. The number of nitrogens with one attached hydrogen (secondary N) is 1. The van der Waals surface area contributed by atoms with Gasteiger partial charge in [0.25, 0.3) is 0 Å². The maximum atomic E-state index is 12.6. The van der Waals surface area contributed by atoms with Gasteiger partial charge in [0.05, 0.1) is 23.7 Å². The molecule has 3 rings (SSSR count). The van der Waals surface area contributed by atoms with Crippen molar-refractivity contribution in [2.24, 2.45) is 7.05 Å². The van der Waals surface area contributed by atoms with Crippen LogP contribution in [0.15, 0.2) is 60.0 Å². The molecule has 2 heterocycles. The molecule has 1 N–H and O–H groups in total. The number of benzene rings is 1. The zero-order valence-electron chi connectivity index (χ0n) is 17.2. The Kier molecular flexibility index (Phi) is 5.66. The Bertz CT molecular complexity index is 1080. The molecule has 29 heavy (non-hydrogen) atoms. The third-order valence-electron chi connectivity index (χ3n) is 4.70. The number of hydrogen-bond donors (Lipinski definition) is 1. The first-order chi connectivity index (χ1) is 13.6. The topological polar surface area (TPSA) is 86.1 Å². The largest absolute Gasteiger partial charge is 0.496 e. The average Bonchev–Trinajstić information content (AvgIpc) is 3.11. The van der Waals surface area contributed by atoms with Gasteiger partial charge in [0.15, 0.2) is 14.9 Å². The average molecular weight is 415 g/mol. The molecule has 154 valence electrons. The van der Waals surface area contributed by atoms with Crippen LogP contribution in [-0.2, 0) is 16.9 Å². The molecule has 0 saturated carbocycles. The lowest BCUT2D eigenvalue weighted by Gasteiger charge is -2.22. The number of aryl methyl sites for hydroxylation is 1. The Hall–Kier alpha value is -2.87. The Morgan fingerprint density at radius 2 is 1.83 bits per heavy atom. The van der Waals surface area contributed by atoms with Gasteiger partial charge in [-0.15, -0.1) is 0 Å².